The summed E-state index contributed by atoms with van der Waals surface area (Å²) in [6.45, 7) is 1.48. The molecule has 0 saturated heterocycles. The lowest BCUT2D eigenvalue weighted by Gasteiger charge is -2.01. The van der Waals surface area contributed by atoms with Gasteiger partial charge in [0.15, 0.2) is 0 Å². The Kier molecular flexibility index (Phi) is 2.96. The summed E-state index contributed by atoms with van der Waals surface area (Å²) in [4.78, 5) is 10.1. The van der Waals surface area contributed by atoms with Crippen molar-refractivity contribution in [1.82, 2.24) is 0 Å². The van der Waals surface area contributed by atoms with Crippen LogP contribution in [0.25, 0.3) is 6.08 Å². The van der Waals surface area contributed by atoms with E-state index >= 15 is 0 Å². The molecule has 0 atom stereocenters. The molecule has 0 bridgehead atoms. The molecule has 0 radical (unpaired) electrons. The van der Waals surface area contributed by atoms with Crippen molar-refractivity contribution in [3.63, 3.8) is 0 Å². The smallest absolute Gasteiger partial charge is 0.328 e. The van der Waals surface area contributed by atoms with E-state index in [4.69, 9.17) is 5.11 Å². The Labute approximate surface area is 79.5 Å². The Morgan fingerprint density at radius 3 is 2.64 bits per heavy atom. The van der Waals surface area contributed by atoms with E-state index in [1.165, 1.54) is 13.0 Å². The van der Waals surface area contributed by atoms with Crippen LogP contribution in [0.15, 0.2) is 18.2 Å². The van der Waals surface area contributed by atoms with Crippen LogP contribution in [0.5, 0.6) is 0 Å². The van der Waals surface area contributed by atoms with Gasteiger partial charge in [0.25, 0.3) is 0 Å². The molecule has 0 fully saturated rings. The molecule has 0 heterocycles. The molecule has 1 N–H and O–H groups in total. The van der Waals surface area contributed by atoms with E-state index in [1.54, 1.807) is 0 Å². The van der Waals surface area contributed by atoms with Gasteiger partial charge in [0.05, 0.1) is 0 Å². The number of hydrogen-bond donors (Lipinski definition) is 1. The van der Waals surface area contributed by atoms with Gasteiger partial charge in [-0.05, 0) is 24.6 Å². The highest BCUT2D eigenvalue weighted by molar-refractivity contribution is 5.85. The van der Waals surface area contributed by atoms with Crippen molar-refractivity contribution in [2.75, 3.05) is 0 Å². The van der Waals surface area contributed by atoms with Gasteiger partial charge in [0.1, 0.15) is 11.6 Å². The number of aliphatic carboxylic acids is 1. The summed E-state index contributed by atoms with van der Waals surface area (Å²) in [6.07, 6.45) is 1.60. The van der Waals surface area contributed by atoms with Gasteiger partial charge < -0.3 is 5.11 Å². The Hall–Kier alpha value is -1.71. The first-order valence-electron chi connectivity index (χ1n) is 3.88. The van der Waals surface area contributed by atoms with E-state index in [9.17, 15) is 13.6 Å². The number of benzene rings is 1. The van der Waals surface area contributed by atoms with Gasteiger partial charge in [-0.3, -0.25) is 0 Å². The second kappa shape index (κ2) is 4.00. The second-order valence-electron chi connectivity index (χ2n) is 2.76. The molecule has 1 rings (SSSR count). The van der Waals surface area contributed by atoms with Crippen molar-refractivity contribution in [1.29, 1.82) is 0 Å². The molecule has 74 valence electrons. The molecule has 0 aromatic heterocycles. The van der Waals surface area contributed by atoms with Crippen molar-refractivity contribution in [2.24, 2.45) is 0 Å². The molecular weight excluding hydrogens is 190 g/mol. The fraction of sp³-hybridized carbons (Fsp3) is 0.100. The van der Waals surface area contributed by atoms with E-state index in [1.807, 2.05) is 0 Å². The van der Waals surface area contributed by atoms with E-state index in [2.05, 4.69) is 0 Å². The topological polar surface area (TPSA) is 37.3 Å². The number of rotatable bonds is 2. The van der Waals surface area contributed by atoms with Crippen molar-refractivity contribution < 1.29 is 18.7 Å². The van der Waals surface area contributed by atoms with Gasteiger partial charge in [0.2, 0.25) is 0 Å². The maximum atomic E-state index is 13.2. The van der Waals surface area contributed by atoms with Crippen molar-refractivity contribution in [3.05, 3.63) is 41.0 Å². The average Bonchev–Trinajstić information content (AvgIpc) is 2.11. The van der Waals surface area contributed by atoms with Gasteiger partial charge >= 0.3 is 5.97 Å². The van der Waals surface area contributed by atoms with Crippen LogP contribution in [-0.2, 0) is 4.79 Å². The molecule has 14 heavy (non-hydrogen) atoms. The molecular formula is C10H8F2O2. The largest absolute Gasteiger partial charge is 0.478 e. The number of hydrogen-bond acceptors (Lipinski definition) is 1. The fourth-order valence-corrected chi connectivity index (χ4v) is 0.986. The third kappa shape index (κ3) is 2.16. The molecule has 4 heteroatoms. The average molecular weight is 198 g/mol. The van der Waals surface area contributed by atoms with Crippen LogP contribution in [-0.4, -0.2) is 11.1 Å². The highest BCUT2D eigenvalue weighted by Crippen LogP contribution is 2.17. The lowest BCUT2D eigenvalue weighted by atomic mass is 10.1. The number of carboxylic acid groups (broad SMARTS) is 1. The van der Waals surface area contributed by atoms with Gasteiger partial charge in [-0.25, -0.2) is 13.6 Å². The first kappa shape index (κ1) is 10.4. The number of halogens is 2. The summed E-state index contributed by atoms with van der Waals surface area (Å²) in [5.74, 6) is -2.75. The molecule has 0 spiro atoms. The normalized spacial score (nSPS) is 10.8. The molecule has 0 aliphatic heterocycles. The molecule has 2 nitrogen and oxygen atoms in total. The maximum Gasteiger partial charge on any atom is 0.328 e. The van der Waals surface area contributed by atoms with Crippen LogP contribution in [0.4, 0.5) is 8.78 Å². The van der Waals surface area contributed by atoms with E-state index in [-0.39, 0.29) is 11.1 Å². The SMILES string of the molecule is Cc1ccc(F)c(/C=C/C(=O)O)c1F. The third-order valence-electron chi connectivity index (χ3n) is 1.71. The standard InChI is InChI=1S/C10H8F2O2/c1-6-2-4-8(11)7(10(6)12)3-5-9(13)14/h2-5H,1H3,(H,13,14)/b5-3+. The molecule has 0 aliphatic carbocycles. The quantitative estimate of drug-likeness (QED) is 0.740. The first-order chi connectivity index (χ1) is 6.52. The summed E-state index contributed by atoms with van der Waals surface area (Å²) < 4.78 is 26.2. The zero-order valence-corrected chi connectivity index (χ0v) is 7.42. The first-order valence-corrected chi connectivity index (χ1v) is 3.88. The Bertz CT molecular complexity index is 397. The van der Waals surface area contributed by atoms with Crippen LogP contribution in [0.3, 0.4) is 0 Å². The van der Waals surface area contributed by atoms with Gasteiger partial charge in [-0.15, -0.1) is 0 Å². The predicted octanol–water partition coefficient (Wildman–Crippen LogP) is 2.37. The molecule has 1 aromatic carbocycles. The summed E-state index contributed by atoms with van der Waals surface area (Å²) >= 11 is 0. The Morgan fingerprint density at radius 2 is 2.07 bits per heavy atom. The minimum absolute atomic E-state index is 0.274. The highest BCUT2D eigenvalue weighted by Gasteiger charge is 2.08. The molecule has 0 aliphatic rings. The summed E-state index contributed by atoms with van der Waals surface area (Å²) in [5, 5.41) is 8.29. The Balaban J connectivity index is 3.19. The van der Waals surface area contributed by atoms with Gasteiger partial charge in [-0.2, -0.15) is 0 Å². The second-order valence-corrected chi connectivity index (χ2v) is 2.76. The maximum absolute atomic E-state index is 13.2. The van der Waals surface area contributed by atoms with Crippen molar-refractivity contribution in [3.8, 4) is 0 Å². The van der Waals surface area contributed by atoms with Crippen LogP contribution in [0.2, 0.25) is 0 Å². The monoisotopic (exact) mass is 198 g/mol. The van der Waals surface area contributed by atoms with Crippen LogP contribution in [0, 0.1) is 18.6 Å². The van der Waals surface area contributed by atoms with Crippen LogP contribution < -0.4 is 0 Å². The van der Waals surface area contributed by atoms with Crippen molar-refractivity contribution in [2.45, 2.75) is 6.92 Å². The van der Waals surface area contributed by atoms with E-state index in [0.29, 0.717) is 6.08 Å². The summed E-state index contributed by atoms with van der Waals surface area (Å²) in [7, 11) is 0. The van der Waals surface area contributed by atoms with E-state index < -0.39 is 17.6 Å². The predicted molar refractivity (Wildman–Crippen MR) is 47.8 cm³/mol. The lowest BCUT2D eigenvalue weighted by Crippen LogP contribution is -1.93. The minimum Gasteiger partial charge on any atom is -0.478 e. The molecule has 0 unspecified atom stereocenters. The van der Waals surface area contributed by atoms with Gasteiger partial charge in [0, 0.05) is 11.6 Å². The van der Waals surface area contributed by atoms with Gasteiger partial charge in [-0.1, -0.05) is 6.07 Å². The zero-order chi connectivity index (χ0) is 10.7. The fourth-order valence-electron chi connectivity index (χ4n) is 0.986. The zero-order valence-electron chi connectivity index (χ0n) is 7.42. The summed E-state index contributed by atoms with van der Waals surface area (Å²) in [5.41, 5.74) is -0.0520. The Morgan fingerprint density at radius 1 is 1.43 bits per heavy atom. The lowest BCUT2D eigenvalue weighted by molar-refractivity contribution is -0.131. The summed E-state index contributed by atoms with van der Waals surface area (Å²) in [6, 6.07) is 2.39. The third-order valence-corrected chi connectivity index (χ3v) is 1.71. The molecule has 0 saturated carbocycles. The number of carbonyl (C=O) groups is 1. The number of carboxylic acids is 1. The molecule has 0 amide bonds. The highest BCUT2D eigenvalue weighted by atomic mass is 19.1. The van der Waals surface area contributed by atoms with E-state index in [0.717, 1.165) is 12.1 Å². The number of aryl methyl sites for hydroxylation is 1. The van der Waals surface area contributed by atoms with Crippen LogP contribution in [0.1, 0.15) is 11.1 Å². The molecule has 1 aromatic rings. The minimum atomic E-state index is -1.25. The van der Waals surface area contributed by atoms with Crippen LogP contribution >= 0.6 is 0 Å². The van der Waals surface area contributed by atoms with Crippen molar-refractivity contribution >= 4 is 12.0 Å².